The maximum atomic E-state index is 13.0. The predicted molar refractivity (Wildman–Crippen MR) is 111 cm³/mol. The van der Waals surface area contributed by atoms with Crippen LogP contribution in [0.15, 0.2) is 24.3 Å². The molecule has 4 amide bonds. The molecule has 2 aliphatic heterocycles. The number of piperidine rings is 1. The number of hydrogen-bond acceptors (Lipinski definition) is 5. The number of benzene rings is 1. The van der Waals surface area contributed by atoms with Crippen LogP contribution in [-0.2, 0) is 15.1 Å². The number of carbonyl (C=O) groups is 3. The van der Waals surface area contributed by atoms with Crippen molar-refractivity contribution in [3.05, 3.63) is 29.8 Å². The summed E-state index contributed by atoms with van der Waals surface area (Å²) in [6, 6.07) is 6.43. The van der Waals surface area contributed by atoms with Gasteiger partial charge in [0.25, 0.3) is 5.91 Å². The van der Waals surface area contributed by atoms with Gasteiger partial charge in [-0.25, -0.2) is 4.79 Å². The van der Waals surface area contributed by atoms with Crippen molar-refractivity contribution in [3.63, 3.8) is 0 Å². The number of nitrogens with zero attached hydrogens (tertiary/aromatic N) is 2. The number of carbonyl (C=O) groups excluding carboxylic acids is 3. The molecule has 160 valence electrons. The van der Waals surface area contributed by atoms with Crippen molar-refractivity contribution in [1.29, 1.82) is 0 Å². The molecule has 1 aromatic carbocycles. The zero-order valence-corrected chi connectivity index (χ0v) is 17.9. The Balaban J connectivity index is 0.00000300. The summed E-state index contributed by atoms with van der Waals surface area (Å²) in [6.45, 7) is 3.68. The predicted octanol–water partition coefficient (Wildman–Crippen LogP) is 1.34. The van der Waals surface area contributed by atoms with Gasteiger partial charge in [-0.15, -0.1) is 12.4 Å². The lowest BCUT2D eigenvalue weighted by molar-refractivity contribution is -0.139. The second kappa shape index (κ2) is 9.45. The smallest absolute Gasteiger partial charge is 0.325 e. The Morgan fingerprint density at radius 1 is 1.24 bits per heavy atom. The van der Waals surface area contributed by atoms with E-state index in [2.05, 4.69) is 10.6 Å². The third-order valence-corrected chi connectivity index (χ3v) is 5.70. The summed E-state index contributed by atoms with van der Waals surface area (Å²) in [4.78, 5) is 40.8. The lowest BCUT2D eigenvalue weighted by Gasteiger charge is -2.32. The van der Waals surface area contributed by atoms with Gasteiger partial charge in [-0.1, -0.05) is 12.1 Å². The van der Waals surface area contributed by atoms with Crippen LogP contribution in [0.4, 0.5) is 4.79 Å². The summed E-state index contributed by atoms with van der Waals surface area (Å²) in [5, 5.41) is 5.90. The first-order valence-corrected chi connectivity index (χ1v) is 9.60. The van der Waals surface area contributed by atoms with E-state index >= 15 is 0 Å². The van der Waals surface area contributed by atoms with Crippen molar-refractivity contribution in [2.75, 3.05) is 40.3 Å². The number of urea groups is 1. The summed E-state index contributed by atoms with van der Waals surface area (Å²) in [5.41, 5.74) is -0.543. The minimum atomic E-state index is -1.19. The molecule has 0 aliphatic carbocycles. The topological polar surface area (TPSA) is 91.0 Å². The van der Waals surface area contributed by atoms with E-state index in [1.165, 1.54) is 0 Å². The monoisotopic (exact) mass is 424 g/mol. The van der Waals surface area contributed by atoms with Gasteiger partial charge in [0.2, 0.25) is 5.91 Å². The average Bonchev–Trinajstić information content (AvgIpc) is 2.93. The summed E-state index contributed by atoms with van der Waals surface area (Å²) in [5.74, 6) is 0.619. The van der Waals surface area contributed by atoms with Crippen molar-refractivity contribution < 1.29 is 19.1 Å². The first-order valence-electron chi connectivity index (χ1n) is 9.60. The zero-order valence-electron chi connectivity index (χ0n) is 17.1. The van der Waals surface area contributed by atoms with Crippen molar-refractivity contribution in [3.8, 4) is 5.75 Å². The van der Waals surface area contributed by atoms with E-state index in [1.54, 1.807) is 43.2 Å². The maximum Gasteiger partial charge on any atom is 0.325 e. The molecule has 1 unspecified atom stereocenters. The van der Waals surface area contributed by atoms with Gasteiger partial charge in [0, 0.05) is 13.1 Å². The number of hydrogen-bond donors (Lipinski definition) is 2. The van der Waals surface area contributed by atoms with Gasteiger partial charge in [0.05, 0.1) is 7.11 Å². The largest absolute Gasteiger partial charge is 0.497 e. The molecule has 0 spiro atoms. The highest BCUT2D eigenvalue weighted by atomic mass is 35.5. The van der Waals surface area contributed by atoms with Crippen LogP contribution in [0.25, 0.3) is 0 Å². The zero-order chi connectivity index (χ0) is 20.3. The standard InChI is InChI=1S/C20H28N4O4.ClH/c1-20(15-4-6-16(28-3)7-5-15)18(26)24(19(27)22-20)13-17(25)23-10-8-14(9-11-23)12-21-2;/h4-7,14,21H,8-13H2,1-3H3,(H,22,27);1H. The highest BCUT2D eigenvalue weighted by Crippen LogP contribution is 2.30. The normalized spacial score (nSPS) is 22.3. The molecule has 9 heteroatoms. The van der Waals surface area contributed by atoms with Gasteiger partial charge >= 0.3 is 6.03 Å². The summed E-state index contributed by atoms with van der Waals surface area (Å²) in [6.07, 6.45) is 1.85. The Hall–Kier alpha value is -2.32. The van der Waals surface area contributed by atoms with E-state index in [1.807, 2.05) is 7.05 Å². The first-order chi connectivity index (χ1) is 13.4. The molecular weight excluding hydrogens is 396 g/mol. The Kier molecular flexibility index (Phi) is 7.48. The second-order valence-corrected chi connectivity index (χ2v) is 7.56. The van der Waals surface area contributed by atoms with Crippen molar-refractivity contribution >= 4 is 30.3 Å². The highest BCUT2D eigenvalue weighted by molar-refractivity contribution is 6.09. The molecule has 2 aliphatic rings. The van der Waals surface area contributed by atoms with Crippen molar-refractivity contribution in [2.45, 2.75) is 25.3 Å². The molecule has 0 radical (unpaired) electrons. The van der Waals surface area contributed by atoms with Crippen molar-refractivity contribution in [1.82, 2.24) is 20.4 Å². The number of methoxy groups -OCH3 is 1. The van der Waals surface area contributed by atoms with E-state index in [0.29, 0.717) is 30.3 Å². The van der Waals surface area contributed by atoms with Gasteiger partial charge in [0.1, 0.15) is 17.8 Å². The molecule has 0 aromatic heterocycles. The lowest BCUT2D eigenvalue weighted by atomic mass is 9.92. The fourth-order valence-electron chi connectivity index (χ4n) is 3.87. The molecule has 2 saturated heterocycles. The minimum absolute atomic E-state index is 0. The molecule has 1 atom stereocenters. The van der Waals surface area contributed by atoms with Gasteiger partial charge in [-0.3, -0.25) is 14.5 Å². The number of rotatable bonds is 6. The SMILES string of the molecule is CNCC1CCN(C(=O)CN2C(=O)NC(C)(c3ccc(OC)cc3)C2=O)CC1.Cl. The number of halogens is 1. The van der Waals surface area contributed by atoms with E-state index in [9.17, 15) is 14.4 Å². The van der Waals surface area contributed by atoms with Gasteiger partial charge in [-0.2, -0.15) is 0 Å². The van der Waals surface area contributed by atoms with E-state index in [-0.39, 0.29) is 24.9 Å². The average molecular weight is 425 g/mol. The molecule has 1 aromatic rings. The minimum Gasteiger partial charge on any atom is -0.497 e. The summed E-state index contributed by atoms with van der Waals surface area (Å²) in [7, 11) is 3.49. The van der Waals surface area contributed by atoms with E-state index < -0.39 is 17.5 Å². The second-order valence-electron chi connectivity index (χ2n) is 7.56. The molecule has 2 heterocycles. The summed E-state index contributed by atoms with van der Waals surface area (Å²) >= 11 is 0. The first kappa shape index (κ1) is 23.0. The lowest BCUT2D eigenvalue weighted by Crippen LogP contribution is -2.47. The fraction of sp³-hybridized carbons (Fsp3) is 0.550. The molecule has 2 fully saturated rings. The Bertz CT molecular complexity index is 749. The fourth-order valence-corrected chi connectivity index (χ4v) is 3.87. The van der Waals surface area contributed by atoms with E-state index in [0.717, 1.165) is 24.3 Å². The van der Waals surface area contributed by atoms with Gasteiger partial charge in [0.15, 0.2) is 0 Å². The van der Waals surface area contributed by atoms with Crippen LogP contribution in [0.2, 0.25) is 0 Å². The Morgan fingerprint density at radius 2 is 1.86 bits per heavy atom. The molecular formula is C20H29ClN4O4. The van der Waals surface area contributed by atoms with Crippen LogP contribution in [-0.4, -0.2) is 68.0 Å². The van der Waals surface area contributed by atoms with Gasteiger partial charge < -0.3 is 20.3 Å². The number of nitrogens with one attached hydrogen (secondary N) is 2. The third-order valence-electron chi connectivity index (χ3n) is 5.70. The van der Waals surface area contributed by atoms with Crippen LogP contribution in [0.3, 0.4) is 0 Å². The molecule has 8 nitrogen and oxygen atoms in total. The number of likely N-dealkylation sites (tertiary alicyclic amines) is 1. The molecule has 29 heavy (non-hydrogen) atoms. The molecule has 0 saturated carbocycles. The number of ether oxygens (including phenoxy) is 1. The van der Waals surface area contributed by atoms with Gasteiger partial charge in [-0.05, 0) is 57.0 Å². The van der Waals surface area contributed by atoms with Crippen LogP contribution >= 0.6 is 12.4 Å². The third kappa shape index (κ3) is 4.64. The molecule has 0 bridgehead atoms. The van der Waals surface area contributed by atoms with Crippen LogP contribution in [0.1, 0.15) is 25.3 Å². The van der Waals surface area contributed by atoms with Crippen molar-refractivity contribution in [2.24, 2.45) is 5.92 Å². The van der Waals surface area contributed by atoms with Crippen LogP contribution < -0.4 is 15.4 Å². The quantitative estimate of drug-likeness (QED) is 0.672. The summed E-state index contributed by atoms with van der Waals surface area (Å²) < 4.78 is 5.14. The highest BCUT2D eigenvalue weighted by Gasteiger charge is 2.49. The maximum absolute atomic E-state index is 13.0. The van der Waals surface area contributed by atoms with Crippen LogP contribution in [0, 0.1) is 5.92 Å². The Morgan fingerprint density at radius 3 is 2.41 bits per heavy atom. The molecule has 2 N–H and O–H groups in total. The molecule has 3 rings (SSSR count). The van der Waals surface area contributed by atoms with E-state index in [4.69, 9.17) is 4.74 Å². The number of amides is 4. The Labute approximate surface area is 177 Å². The number of imide groups is 1. The van der Waals surface area contributed by atoms with Crippen LogP contribution in [0.5, 0.6) is 5.75 Å².